The van der Waals surface area contributed by atoms with Crippen LogP contribution in [0.5, 0.6) is 0 Å². The van der Waals surface area contributed by atoms with Crippen molar-refractivity contribution < 1.29 is 8.78 Å². The van der Waals surface area contributed by atoms with Crippen LogP contribution in [0.25, 0.3) is 0 Å². The van der Waals surface area contributed by atoms with Crippen molar-refractivity contribution in [2.24, 2.45) is 11.7 Å². The van der Waals surface area contributed by atoms with Gasteiger partial charge in [0.05, 0.1) is 0 Å². The van der Waals surface area contributed by atoms with Gasteiger partial charge in [0.1, 0.15) is 0 Å². The van der Waals surface area contributed by atoms with Crippen LogP contribution in [-0.2, 0) is 0 Å². The highest BCUT2D eigenvalue weighted by Crippen LogP contribution is 2.41. The summed E-state index contributed by atoms with van der Waals surface area (Å²) in [5.41, 5.74) is 7.90. The quantitative estimate of drug-likeness (QED) is 0.881. The number of nitrogens with two attached hydrogens (primary N) is 1. The average molecular weight is 240 g/mol. The smallest absolute Gasteiger partial charge is 0.248 e. The summed E-state index contributed by atoms with van der Waals surface area (Å²) in [6, 6.07) is 3.65. The minimum atomic E-state index is -2.48. The molecule has 4 heteroatoms. The van der Waals surface area contributed by atoms with E-state index in [1.165, 1.54) is 0 Å². The second-order valence-electron chi connectivity index (χ2n) is 5.04. The Morgan fingerprint density at radius 2 is 2.29 bits per heavy atom. The minimum Gasteiger partial charge on any atom is -0.324 e. The van der Waals surface area contributed by atoms with Crippen LogP contribution in [0.3, 0.4) is 0 Å². The van der Waals surface area contributed by atoms with Crippen LogP contribution >= 0.6 is 0 Å². The molecular weight excluding hydrogens is 222 g/mol. The van der Waals surface area contributed by atoms with E-state index in [2.05, 4.69) is 4.98 Å². The molecule has 94 valence electrons. The maximum absolute atomic E-state index is 13.0. The zero-order valence-corrected chi connectivity index (χ0v) is 10.00. The minimum absolute atomic E-state index is 0.0105. The van der Waals surface area contributed by atoms with Gasteiger partial charge in [-0.2, -0.15) is 0 Å². The van der Waals surface area contributed by atoms with Crippen LogP contribution in [0.4, 0.5) is 8.78 Å². The molecule has 2 unspecified atom stereocenters. The lowest BCUT2D eigenvalue weighted by molar-refractivity contribution is 0.00446. The normalized spacial score (nSPS) is 24.8. The van der Waals surface area contributed by atoms with Crippen molar-refractivity contribution in [1.29, 1.82) is 0 Å². The van der Waals surface area contributed by atoms with E-state index in [9.17, 15) is 8.78 Å². The molecule has 1 aliphatic carbocycles. The van der Waals surface area contributed by atoms with E-state index < -0.39 is 5.92 Å². The van der Waals surface area contributed by atoms with Crippen molar-refractivity contribution >= 4 is 0 Å². The third-order valence-corrected chi connectivity index (χ3v) is 3.46. The van der Waals surface area contributed by atoms with Crippen LogP contribution in [0.1, 0.15) is 43.0 Å². The van der Waals surface area contributed by atoms with Gasteiger partial charge in [0.2, 0.25) is 5.92 Å². The molecule has 1 saturated carbocycles. The third kappa shape index (κ3) is 3.22. The Kier molecular flexibility index (Phi) is 3.43. The van der Waals surface area contributed by atoms with Gasteiger partial charge in [-0.25, -0.2) is 8.78 Å². The van der Waals surface area contributed by atoms with Crippen molar-refractivity contribution in [3.05, 3.63) is 29.6 Å². The van der Waals surface area contributed by atoms with Crippen molar-refractivity contribution in [3.63, 3.8) is 0 Å². The molecule has 1 aromatic heterocycles. The monoisotopic (exact) mass is 240 g/mol. The Balaban J connectivity index is 1.93. The van der Waals surface area contributed by atoms with E-state index in [1.807, 2.05) is 19.1 Å². The predicted octanol–water partition coefficient (Wildman–Crippen LogP) is 3.22. The lowest BCUT2D eigenvalue weighted by atomic mass is 9.95. The fraction of sp³-hybridized carbons (Fsp3) is 0.615. The highest BCUT2D eigenvalue weighted by Gasteiger charge is 2.39. The number of hydrogen-bond acceptors (Lipinski definition) is 2. The first kappa shape index (κ1) is 12.4. The summed E-state index contributed by atoms with van der Waals surface area (Å²) in [4.78, 5) is 4.18. The lowest BCUT2D eigenvalue weighted by Gasteiger charge is -2.16. The van der Waals surface area contributed by atoms with Crippen molar-refractivity contribution in [1.82, 2.24) is 4.98 Å². The first-order chi connectivity index (χ1) is 7.96. The van der Waals surface area contributed by atoms with Crippen molar-refractivity contribution in [3.8, 4) is 0 Å². The summed E-state index contributed by atoms with van der Waals surface area (Å²) in [6.07, 6.45) is 2.95. The van der Waals surface area contributed by atoms with Crippen LogP contribution in [0, 0.1) is 12.8 Å². The van der Waals surface area contributed by atoms with E-state index in [-0.39, 0.29) is 24.8 Å². The molecule has 0 spiro atoms. The number of aromatic nitrogens is 1. The fourth-order valence-electron chi connectivity index (χ4n) is 2.44. The summed E-state index contributed by atoms with van der Waals surface area (Å²) < 4.78 is 26.1. The van der Waals surface area contributed by atoms with Crippen LogP contribution in [-0.4, -0.2) is 10.9 Å². The zero-order chi connectivity index (χ0) is 12.5. The van der Waals surface area contributed by atoms with Gasteiger partial charge in [0.25, 0.3) is 0 Å². The molecule has 0 aromatic carbocycles. The van der Waals surface area contributed by atoms with Gasteiger partial charge in [-0.05, 0) is 37.3 Å². The van der Waals surface area contributed by atoms with Crippen LogP contribution < -0.4 is 5.73 Å². The Morgan fingerprint density at radius 1 is 1.53 bits per heavy atom. The van der Waals surface area contributed by atoms with Crippen LogP contribution in [0.2, 0.25) is 0 Å². The SMILES string of the molecule is Cc1ccc(C(N)CC2CCC(F)(F)C2)cn1. The van der Waals surface area contributed by atoms with Gasteiger partial charge in [0, 0.05) is 30.8 Å². The largest absolute Gasteiger partial charge is 0.324 e. The third-order valence-electron chi connectivity index (χ3n) is 3.46. The molecule has 1 aromatic rings. The molecule has 0 bridgehead atoms. The Bertz CT molecular complexity index is 376. The number of alkyl halides is 2. The summed E-state index contributed by atoms with van der Waals surface area (Å²) in [6.45, 7) is 1.91. The van der Waals surface area contributed by atoms with Gasteiger partial charge in [0.15, 0.2) is 0 Å². The van der Waals surface area contributed by atoms with E-state index in [4.69, 9.17) is 5.73 Å². The van der Waals surface area contributed by atoms with E-state index in [1.54, 1.807) is 6.20 Å². The van der Waals surface area contributed by atoms with Gasteiger partial charge >= 0.3 is 0 Å². The molecular formula is C13H18F2N2. The first-order valence-electron chi connectivity index (χ1n) is 6.02. The number of nitrogens with zero attached hydrogens (tertiary/aromatic N) is 1. The Hall–Kier alpha value is -1.03. The van der Waals surface area contributed by atoms with Crippen molar-refractivity contribution in [2.45, 2.75) is 44.6 Å². The molecule has 0 aliphatic heterocycles. The molecule has 2 nitrogen and oxygen atoms in total. The number of halogens is 2. The number of aryl methyl sites for hydroxylation is 1. The Labute approximate surface area is 100 Å². The highest BCUT2D eigenvalue weighted by atomic mass is 19.3. The summed E-state index contributed by atoms with van der Waals surface area (Å²) in [7, 11) is 0. The van der Waals surface area contributed by atoms with Crippen LogP contribution in [0.15, 0.2) is 18.3 Å². The highest BCUT2D eigenvalue weighted by molar-refractivity contribution is 5.16. The summed E-state index contributed by atoms with van der Waals surface area (Å²) in [5.74, 6) is -2.43. The predicted molar refractivity (Wildman–Crippen MR) is 62.8 cm³/mol. The summed E-state index contributed by atoms with van der Waals surface area (Å²) >= 11 is 0. The molecule has 1 heterocycles. The second-order valence-corrected chi connectivity index (χ2v) is 5.04. The molecule has 17 heavy (non-hydrogen) atoms. The van der Waals surface area contributed by atoms with E-state index in [0.717, 1.165) is 11.3 Å². The van der Waals surface area contributed by atoms with E-state index in [0.29, 0.717) is 12.8 Å². The van der Waals surface area contributed by atoms with Crippen molar-refractivity contribution in [2.75, 3.05) is 0 Å². The fourth-order valence-corrected chi connectivity index (χ4v) is 2.44. The van der Waals surface area contributed by atoms with Gasteiger partial charge in [-0.1, -0.05) is 6.07 Å². The van der Waals surface area contributed by atoms with E-state index >= 15 is 0 Å². The molecule has 2 rings (SSSR count). The van der Waals surface area contributed by atoms with Gasteiger partial charge in [-0.15, -0.1) is 0 Å². The zero-order valence-electron chi connectivity index (χ0n) is 10.00. The maximum Gasteiger partial charge on any atom is 0.248 e. The molecule has 2 N–H and O–H groups in total. The average Bonchev–Trinajstić information content (AvgIpc) is 2.59. The molecule has 2 atom stereocenters. The topological polar surface area (TPSA) is 38.9 Å². The van der Waals surface area contributed by atoms with Gasteiger partial charge < -0.3 is 5.73 Å². The second kappa shape index (κ2) is 4.69. The molecule has 0 saturated heterocycles. The number of pyridine rings is 1. The standard InChI is InChI=1S/C13H18F2N2/c1-9-2-3-11(8-17-9)12(16)6-10-4-5-13(14,15)7-10/h2-3,8,10,12H,4-7,16H2,1H3. The number of hydrogen-bond donors (Lipinski definition) is 1. The Morgan fingerprint density at radius 3 is 2.82 bits per heavy atom. The lowest BCUT2D eigenvalue weighted by Crippen LogP contribution is -2.16. The molecule has 0 amide bonds. The number of rotatable bonds is 3. The maximum atomic E-state index is 13.0. The summed E-state index contributed by atoms with van der Waals surface area (Å²) in [5, 5.41) is 0. The van der Waals surface area contributed by atoms with Gasteiger partial charge in [-0.3, -0.25) is 4.98 Å². The first-order valence-corrected chi connectivity index (χ1v) is 6.02. The molecule has 1 aliphatic rings. The molecule has 0 radical (unpaired) electrons. The molecule has 1 fully saturated rings.